The van der Waals surface area contributed by atoms with Crippen LogP contribution in [-0.2, 0) is 18.3 Å². The molecular formula is C21H14F3N5O2. The maximum atomic E-state index is 13.8. The summed E-state index contributed by atoms with van der Waals surface area (Å²) in [6.45, 7) is 0. The van der Waals surface area contributed by atoms with E-state index < -0.39 is 35.3 Å². The first-order chi connectivity index (χ1) is 14.8. The number of aryl methyl sites for hydroxylation is 1. The first-order valence-electron chi connectivity index (χ1n) is 9.01. The van der Waals surface area contributed by atoms with Gasteiger partial charge < -0.3 is 9.88 Å². The van der Waals surface area contributed by atoms with E-state index in [1.54, 1.807) is 17.8 Å². The van der Waals surface area contributed by atoms with E-state index in [9.17, 15) is 22.8 Å². The topological polar surface area (TPSA) is 89.8 Å². The molecule has 0 radical (unpaired) electrons. The number of aromatic nitrogens is 4. The highest BCUT2D eigenvalue weighted by Crippen LogP contribution is 2.22. The molecule has 0 bridgehead atoms. The van der Waals surface area contributed by atoms with Crippen LogP contribution in [0.5, 0.6) is 0 Å². The van der Waals surface area contributed by atoms with Crippen LogP contribution in [0, 0.1) is 17.5 Å². The van der Waals surface area contributed by atoms with Gasteiger partial charge in [0.25, 0.3) is 0 Å². The number of hydrogen-bond acceptors (Lipinski definition) is 5. The number of halogens is 3. The minimum Gasteiger partial charge on any atom is -0.335 e. The quantitative estimate of drug-likeness (QED) is 0.392. The van der Waals surface area contributed by atoms with E-state index in [4.69, 9.17) is 0 Å². The molecule has 7 nitrogen and oxygen atoms in total. The lowest BCUT2D eigenvalue weighted by molar-refractivity contribution is -0.115. The first-order valence-corrected chi connectivity index (χ1v) is 9.01. The molecule has 0 spiro atoms. The third-order valence-electron chi connectivity index (χ3n) is 4.59. The number of benzene rings is 1. The van der Waals surface area contributed by atoms with Crippen molar-refractivity contribution in [2.75, 3.05) is 5.32 Å². The van der Waals surface area contributed by atoms with Crippen LogP contribution in [0.1, 0.15) is 21.5 Å². The van der Waals surface area contributed by atoms with Gasteiger partial charge in [-0.15, -0.1) is 0 Å². The fourth-order valence-electron chi connectivity index (χ4n) is 3.20. The van der Waals surface area contributed by atoms with Gasteiger partial charge in [-0.1, -0.05) is 0 Å². The second-order valence-corrected chi connectivity index (χ2v) is 6.79. The molecule has 3 aromatic heterocycles. The van der Waals surface area contributed by atoms with E-state index in [-0.39, 0.29) is 17.0 Å². The Morgan fingerprint density at radius 2 is 1.87 bits per heavy atom. The Balaban J connectivity index is 1.56. The third-order valence-corrected chi connectivity index (χ3v) is 4.59. The van der Waals surface area contributed by atoms with E-state index in [0.717, 1.165) is 6.07 Å². The summed E-state index contributed by atoms with van der Waals surface area (Å²) in [4.78, 5) is 37.2. The second-order valence-electron chi connectivity index (χ2n) is 6.79. The van der Waals surface area contributed by atoms with Gasteiger partial charge in [0.1, 0.15) is 17.8 Å². The Morgan fingerprint density at radius 1 is 1.06 bits per heavy atom. The van der Waals surface area contributed by atoms with Gasteiger partial charge in [-0.2, -0.15) is 0 Å². The highest BCUT2D eigenvalue weighted by Gasteiger charge is 2.18. The van der Waals surface area contributed by atoms with Crippen molar-refractivity contribution in [3.63, 3.8) is 0 Å². The molecule has 1 aromatic carbocycles. The molecule has 10 heteroatoms. The molecule has 4 aromatic rings. The molecule has 0 fully saturated rings. The number of rotatable bonds is 5. The Bertz CT molecular complexity index is 1340. The number of anilines is 1. The van der Waals surface area contributed by atoms with Gasteiger partial charge in [0.2, 0.25) is 5.91 Å². The van der Waals surface area contributed by atoms with Gasteiger partial charge in [-0.05, 0) is 12.1 Å². The van der Waals surface area contributed by atoms with Gasteiger partial charge >= 0.3 is 0 Å². The number of amides is 1. The largest absolute Gasteiger partial charge is 0.335 e. The lowest BCUT2D eigenvalue weighted by atomic mass is 10.1. The highest BCUT2D eigenvalue weighted by atomic mass is 19.2. The number of fused-ring (bicyclic) bond motifs is 1. The summed E-state index contributed by atoms with van der Waals surface area (Å²) in [5.74, 6) is -4.75. The molecule has 0 atom stereocenters. The Hall–Kier alpha value is -4.08. The van der Waals surface area contributed by atoms with Gasteiger partial charge in [-0.25, -0.2) is 23.1 Å². The van der Waals surface area contributed by atoms with Crippen LogP contribution in [0.15, 0.2) is 49.3 Å². The SMILES string of the molecule is Cn1cc(C(=O)c2cncc(NC(=O)Cc3cc(F)cc(F)c3F)c2)c2cncnc21. The molecule has 0 aliphatic carbocycles. The zero-order valence-corrected chi connectivity index (χ0v) is 16.1. The average Bonchev–Trinajstić information content (AvgIpc) is 3.08. The Kier molecular flexibility index (Phi) is 5.20. The van der Waals surface area contributed by atoms with Crippen molar-refractivity contribution in [1.82, 2.24) is 19.5 Å². The van der Waals surface area contributed by atoms with Crippen molar-refractivity contribution >= 4 is 28.4 Å². The number of carbonyl (C=O) groups is 2. The Labute approximate surface area is 173 Å². The molecule has 0 aliphatic heterocycles. The number of ketones is 1. The van der Waals surface area contributed by atoms with Crippen LogP contribution in [-0.4, -0.2) is 31.2 Å². The van der Waals surface area contributed by atoms with Gasteiger partial charge in [0, 0.05) is 48.2 Å². The molecule has 0 aliphatic rings. The summed E-state index contributed by atoms with van der Waals surface area (Å²) in [5.41, 5.74) is 0.883. The minimum atomic E-state index is -1.38. The second kappa shape index (κ2) is 7.98. The monoisotopic (exact) mass is 425 g/mol. The summed E-state index contributed by atoms with van der Waals surface area (Å²) in [7, 11) is 1.75. The third kappa shape index (κ3) is 4.00. The molecule has 1 amide bonds. The number of nitrogens with one attached hydrogen (secondary N) is 1. The predicted octanol–water partition coefficient (Wildman–Crippen LogP) is 3.19. The lowest BCUT2D eigenvalue weighted by Gasteiger charge is -2.08. The lowest BCUT2D eigenvalue weighted by Crippen LogP contribution is -2.16. The maximum Gasteiger partial charge on any atom is 0.228 e. The fraction of sp³-hybridized carbons (Fsp3) is 0.0952. The molecule has 4 rings (SSSR count). The first kappa shape index (κ1) is 20.2. The molecule has 0 unspecified atom stereocenters. The number of carbonyl (C=O) groups excluding carboxylic acids is 2. The molecule has 0 saturated heterocycles. The minimum absolute atomic E-state index is 0.171. The normalized spacial score (nSPS) is 11.0. The van der Waals surface area contributed by atoms with E-state index in [1.807, 2.05) is 0 Å². The van der Waals surface area contributed by atoms with Gasteiger partial charge in [-0.3, -0.25) is 14.6 Å². The van der Waals surface area contributed by atoms with Crippen molar-refractivity contribution in [1.29, 1.82) is 0 Å². The smallest absolute Gasteiger partial charge is 0.228 e. The highest BCUT2D eigenvalue weighted by molar-refractivity contribution is 6.16. The van der Waals surface area contributed by atoms with Crippen LogP contribution in [0.2, 0.25) is 0 Å². The molecule has 1 N–H and O–H groups in total. The molecule has 0 saturated carbocycles. The summed E-state index contributed by atoms with van der Waals surface area (Å²) in [6, 6.07) is 2.55. The standard InChI is InChI=1S/C21H14F3N5O2/c1-29-9-16(15-8-26-10-27-21(15)29)20(31)12-3-14(7-25-6-12)28-18(30)4-11-2-13(22)5-17(23)19(11)24/h2-3,5-10H,4H2,1H3,(H,28,30). The van der Waals surface area contributed by atoms with Crippen LogP contribution < -0.4 is 5.32 Å². The summed E-state index contributed by atoms with van der Waals surface area (Å²) in [5, 5.41) is 3.01. The summed E-state index contributed by atoms with van der Waals surface area (Å²) < 4.78 is 42.1. The van der Waals surface area contributed by atoms with Crippen molar-refractivity contribution in [3.8, 4) is 0 Å². The van der Waals surface area contributed by atoms with E-state index >= 15 is 0 Å². The van der Waals surface area contributed by atoms with E-state index in [0.29, 0.717) is 22.7 Å². The number of nitrogens with zero attached hydrogens (tertiary/aromatic N) is 4. The van der Waals surface area contributed by atoms with Crippen LogP contribution in [0.3, 0.4) is 0 Å². The summed E-state index contributed by atoms with van der Waals surface area (Å²) in [6.07, 6.45) is 6.56. The van der Waals surface area contributed by atoms with Crippen molar-refractivity contribution < 1.29 is 22.8 Å². The molecule has 156 valence electrons. The van der Waals surface area contributed by atoms with Crippen molar-refractivity contribution in [2.24, 2.45) is 7.05 Å². The molecule has 3 heterocycles. The van der Waals surface area contributed by atoms with Gasteiger partial charge in [0.05, 0.1) is 23.9 Å². The van der Waals surface area contributed by atoms with Crippen LogP contribution in [0.25, 0.3) is 11.0 Å². The van der Waals surface area contributed by atoms with Gasteiger partial charge in [0.15, 0.2) is 17.4 Å². The summed E-state index contributed by atoms with van der Waals surface area (Å²) >= 11 is 0. The zero-order chi connectivity index (χ0) is 22.1. The maximum absolute atomic E-state index is 13.8. The van der Waals surface area contributed by atoms with E-state index in [1.165, 1.54) is 31.0 Å². The average molecular weight is 425 g/mol. The predicted molar refractivity (Wildman–Crippen MR) is 105 cm³/mol. The zero-order valence-electron chi connectivity index (χ0n) is 16.1. The molecule has 31 heavy (non-hydrogen) atoms. The molecular weight excluding hydrogens is 411 g/mol. The van der Waals surface area contributed by atoms with Crippen molar-refractivity contribution in [2.45, 2.75) is 6.42 Å². The van der Waals surface area contributed by atoms with Crippen LogP contribution in [0.4, 0.5) is 18.9 Å². The Morgan fingerprint density at radius 3 is 2.68 bits per heavy atom. The fourth-order valence-corrected chi connectivity index (χ4v) is 3.20. The number of pyridine rings is 1. The van der Waals surface area contributed by atoms with E-state index in [2.05, 4.69) is 20.3 Å². The number of hydrogen-bond donors (Lipinski definition) is 1. The van der Waals surface area contributed by atoms with Crippen LogP contribution >= 0.6 is 0 Å². The van der Waals surface area contributed by atoms with Crippen molar-refractivity contribution in [3.05, 3.63) is 83.5 Å².